The van der Waals surface area contributed by atoms with Crippen molar-refractivity contribution in [2.24, 2.45) is 16.8 Å². The van der Waals surface area contributed by atoms with Gasteiger partial charge >= 0.3 is 12.4 Å². The Hall–Kier alpha value is -1.64. The molecule has 1 aromatic rings. The van der Waals surface area contributed by atoms with Crippen LogP contribution in [0, 0.1) is 5.92 Å². The number of alkyl halides is 6. The quantitative estimate of drug-likeness (QED) is 0.374. The van der Waals surface area contributed by atoms with Crippen molar-refractivity contribution in [1.29, 1.82) is 0 Å². The minimum atomic E-state index is -4.94. The zero-order valence-electron chi connectivity index (χ0n) is 11.4. The van der Waals surface area contributed by atoms with Gasteiger partial charge in [0.25, 0.3) is 0 Å². The molecule has 0 aliphatic heterocycles. The van der Waals surface area contributed by atoms with E-state index in [4.69, 9.17) is 22.2 Å². The molecule has 1 saturated carbocycles. The standard InChI is InChI=1S/C13H11ClF6N2O/c14-10-8(13(18,19)20)4-3-7(12(15,16)17)9(10)11(21)22-23-5-6-1-2-6/h3-4,6H,1-2,5H2,(H2,21,22). The highest BCUT2D eigenvalue weighted by atomic mass is 35.5. The molecule has 0 radical (unpaired) electrons. The van der Waals surface area contributed by atoms with Crippen LogP contribution < -0.4 is 5.73 Å². The van der Waals surface area contributed by atoms with Gasteiger partial charge in [-0.15, -0.1) is 0 Å². The van der Waals surface area contributed by atoms with Gasteiger partial charge in [-0.1, -0.05) is 16.8 Å². The molecule has 0 atom stereocenters. The first-order valence-electron chi connectivity index (χ1n) is 6.44. The number of hydrogen-bond acceptors (Lipinski definition) is 2. The number of benzene rings is 1. The first-order valence-corrected chi connectivity index (χ1v) is 6.82. The van der Waals surface area contributed by atoms with Crippen molar-refractivity contribution in [3.05, 3.63) is 33.8 Å². The van der Waals surface area contributed by atoms with Crippen molar-refractivity contribution < 1.29 is 31.2 Å². The molecule has 1 aromatic carbocycles. The molecule has 0 spiro atoms. The molecule has 1 aliphatic rings. The first-order chi connectivity index (χ1) is 10.5. The highest BCUT2D eigenvalue weighted by Crippen LogP contribution is 2.41. The van der Waals surface area contributed by atoms with Gasteiger partial charge in [0, 0.05) is 0 Å². The van der Waals surface area contributed by atoms with Crippen LogP contribution in [-0.4, -0.2) is 12.4 Å². The molecule has 0 unspecified atom stereocenters. The van der Waals surface area contributed by atoms with E-state index in [-0.39, 0.29) is 24.7 Å². The highest BCUT2D eigenvalue weighted by molar-refractivity contribution is 6.35. The summed E-state index contributed by atoms with van der Waals surface area (Å²) < 4.78 is 77.4. The van der Waals surface area contributed by atoms with Crippen LogP contribution in [-0.2, 0) is 17.2 Å². The van der Waals surface area contributed by atoms with E-state index in [9.17, 15) is 26.3 Å². The van der Waals surface area contributed by atoms with Crippen LogP contribution in [0.15, 0.2) is 17.3 Å². The smallest absolute Gasteiger partial charge is 0.394 e. The van der Waals surface area contributed by atoms with E-state index in [1.165, 1.54) is 0 Å². The SMILES string of the molecule is NC(=NOCC1CC1)c1c(C(F)(F)F)ccc(C(F)(F)F)c1Cl. The van der Waals surface area contributed by atoms with Crippen molar-refractivity contribution in [2.45, 2.75) is 25.2 Å². The Morgan fingerprint density at radius 3 is 2.13 bits per heavy atom. The summed E-state index contributed by atoms with van der Waals surface area (Å²) >= 11 is 5.52. The molecule has 2 rings (SSSR count). The third-order valence-corrected chi connectivity index (χ3v) is 3.57. The highest BCUT2D eigenvalue weighted by Gasteiger charge is 2.41. The molecule has 10 heteroatoms. The van der Waals surface area contributed by atoms with Gasteiger partial charge in [0.1, 0.15) is 6.61 Å². The van der Waals surface area contributed by atoms with Gasteiger partial charge in [-0.2, -0.15) is 26.3 Å². The van der Waals surface area contributed by atoms with Crippen LogP contribution in [0.1, 0.15) is 29.5 Å². The summed E-state index contributed by atoms with van der Waals surface area (Å²) in [5.41, 5.74) is 1.51. The Bertz CT molecular complexity index is 622. The largest absolute Gasteiger partial charge is 0.417 e. The van der Waals surface area contributed by atoms with Gasteiger partial charge in [0.05, 0.1) is 21.7 Å². The average molecular weight is 361 g/mol. The lowest BCUT2D eigenvalue weighted by atomic mass is 10.0. The summed E-state index contributed by atoms with van der Waals surface area (Å²) in [5, 5.41) is 2.11. The molecule has 2 N–H and O–H groups in total. The first kappa shape index (κ1) is 17.7. The molecule has 0 saturated heterocycles. The second kappa shape index (κ2) is 6.10. The molecule has 0 heterocycles. The van der Waals surface area contributed by atoms with E-state index in [0.717, 1.165) is 12.8 Å². The molecule has 3 nitrogen and oxygen atoms in total. The Labute approximate surface area is 132 Å². The number of hydrogen-bond donors (Lipinski definition) is 1. The second-order valence-corrected chi connectivity index (χ2v) is 5.44. The lowest BCUT2D eigenvalue weighted by molar-refractivity contribution is -0.141. The molecule has 128 valence electrons. The summed E-state index contributed by atoms with van der Waals surface area (Å²) in [4.78, 5) is 4.78. The normalized spacial score (nSPS) is 16.6. The van der Waals surface area contributed by atoms with Crippen LogP contribution >= 0.6 is 11.6 Å². The van der Waals surface area contributed by atoms with Crippen molar-refractivity contribution in [2.75, 3.05) is 6.61 Å². The van der Waals surface area contributed by atoms with Gasteiger partial charge in [0.2, 0.25) is 0 Å². The summed E-state index contributed by atoms with van der Waals surface area (Å²) in [6, 6.07) is 0.528. The predicted molar refractivity (Wildman–Crippen MR) is 70.9 cm³/mol. The van der Waals surface area contributed by atoms with Gasteiger partial charge in [0.15, 0.2) is 5.84 Å². The lowest BCUT2D eigenvalue weighted by Gasteiger charge is -2.17. The van der Waals surface area contributed by atoms with E-state index in [2.05, 4.69) is 5.16 Å². The monoisotopic (exact) mass is 360 g/mol. The minimum Gasteiger partial charge on any atom is -0.394 e. The summed E-state index contributed by atoms with van der Waals surface area (Å²) in [5.74, 6) is -0.611. The maximum atomic E-state index is 13.0. The van der Waals surface area contributed by atoms with Gasteiger partial charge in [-0.25, -0.2) is 0 Å². The number of oxime groups is 1. The number of nitrogens with two attached hydrogens (primary N) is 1. The molecule has 23 heavy (non-hydrogen) atoms. The van der Waals surface area contributed by atoms with Crippen LogP contribution in [0.5, 0.6) is 0 Å². The van der Waals surface area contributed by atoms with Gasteiger partial charge in [-0.05, 0) is 30.9 Å². The number of nitrogens with zero attached hydrogens (tertiary/aromatic N) is 1. The maximum Gasteiger partial charge on any atom is 0.417 e. The molecule has 1 aliphatic carbocycles. The van der Waals surface area contributed by atoms with E-state index in [1.807, 2.05) is 0 Å². The summed E-state index contributed by atoms with van der Waals surface area (Å²) in [6.07, 6.45) is -8.08. The van der Waals surface area contributed by atoms with Crippen molar-refractivity contribution in [1.82, 2.24) is 0 Å². The Morgan fingerprint density at radius 2 is 1.65 bits per heavy atom. The Morgan fingerprint density at radius 1 is 1.13 bits per heavy atom. The molecule has 0 amide bonds. The third kappa shape index (κ3) is 4.21. The number of amidine groups is 1. The summed E-state index contributed by atoms with van der Waals surface area (Å²) in [6.45, 7) is 0.138. The fourth-order valence-electron chi connectivity index (χ4n) is 1.82. The topological polar surface area (TPSA) is 47.6 Å². The average Bonchev–Trinajstić information content (AvgIpc) is 3.19. The Kier molecular flexibility index (Phi) is 4.70. The third-order valence-electron chi connectivity index (χ3n) is 3.18. The fourth-order valence-corrected chi connectivity index (χ4v) is 2.19. The van der Waals surface area contributed by atoms with E-state index in [0.29, 0.717) is 0 Å². The zero-order chi connectivity index (χ0) is 17.4. The van der Waals surface area contributed by atoms with Crippen molar-refractivity contribution >= 4 is 17.4 Å². The van der Waals surface area contributed by atoms with Crippen molar-refractivity contribution in [3.63, 3.8) is 0 Å². The lowest BCUT2D eigenvalue weighted by Crippen LogP contribution is -2.23. The number of rotatable bonds is 4. The molecular weight excluding hydrogens is 350 g/mol. The van der Waals surface area contributed by atoms with Crippen LogP contribution in [0.25, 0.3) is 0 Å². The van der Waals surface area contributed by atoms with Crippen molar-refractivity contribution in [3.8, 4) is 0 Å². The number of halogens is 7. The van der Waals surface area contributed by atoms with Crippen LogP contribution in [0.4, 0.5) is 26.3 Å². The van der Waals surface area contributed by atoms with Gasteiger partial charge < -0.3 is 10.6 Å². The minimum absolute atomic E-state index is 0.138. The molecule has 1 fully saturated rings. The Balaban J connectivity index is 2.47. The predicted octanol–water partition coefficient (Wildman–Crippen LogP) is 4.42. The fraction of sp³-hybridized carbons (Fsp3) is 0.462. The van der Waals surface area contributed by atoms with E-state index in [1.54, 1.807) is 0 Å². The van der Waals surface area contributed by atoms with Crippen LogP contribution in [0.2, 0.25) is 5.02 Å². The molecular formula is C13H11ClF6N2O. The van der Waals surface area contributed by atoms with E-state index < -0.39 is 39.9 Å². The van der Waals surface area contributed by atoms with Gasteiger partial charge in [-0.3, -0.25) is 0 Å². The second-order valence-electron chi connectivity index (χ2n) is 5.06. The summed E-state index contributed by atoms with van der Waals surface area (Å²) in [7, 11) is 0. The van der Waals surface area contributed by atoms with E-state index >= 15 is 0 Å². The van der Waals surface area contributed by atoms with Crippen LogP contribution in [0.3, 0.4) is 0 Å². The molecule has 0 bridgehead atoms. The maximum absolute atomic E-state index is 13.0. The zero-order valence-corrected chi connectivity index (χ0v) is 12.2. The molecule has 0 aromatic heterocycles.